The molecule has 6 heteroatoms. The highest BCUT2D eigenvalue weighted by Crippen LogP contribution is 2.43. The fourth-order valence-electron chi connectivity index (χ4n) is 4.07. The molecule has 0 saturated carbocycles. The molecule has 1 aliphatic rings. The Morgan fingerprint density at radius 2 is 1.64 bits per heavy atom. The van der Waals surface area contributed by atoms with Crippen LogP contribution in [0.4, 0.5) is 5.69 Å². The maximum atomic E-state index is 13.2. The second kappa shape index (κ2) is 9.05. The Balaban J connectivity index is 1.93. The van der Waals surface area contributed by atoms with E-state index in [9.17, 15) is 14.7 Å². The number of anilines is 1. The van der Waals surface area contributed by atoms with Gasteiger partial charge in [-0.15, -0.1) is 0 Å². The van der Waals surface area contributed by atoms with Gasteiger partial charge in [-0.25, -0.2) is 0 Å². The first-order chi connectivity index (χ1) is 15.7. The van der Waals surface area contributed by atoms with Crippen LogP contribution in [0, 0.1) is 6.92 Å². The molecule has 3 aromatic rings. The highest BCUT2D eigenvalue weighted by molar-refractivity contribution is 6.51. The van der Waals surface area contributed by atoms with Crippen LogP contribution in [-0.2, 0) is 9.59 Å². The van der Waals surface area contributed by atoms with Crippen LogP contribution >= 0.6 is 23.2 Å². The lowest BCUT2D eigenvalue weighted by Gasteiger charge is -2.26. The van der Waals surface area contributed by atoms with E-state index in [1.165, 1.54) is 11.0 Å². The molecule has 1 unspecified atom stereocenters. The summed E-state index contributed by atoms with van der Waals surface area (Å²) in [5.74, 6) is -1.41. The summed E-state index contributed by atoms with van der Waals surface area (Å²) in [6, 6.07) is 18.9. The number of hydrogen-bond donors (Lipinski definition) is 1. The molecule has 1 aliphatic heterocycles. The number of aryl methyl sites for hydroxylation is 1. The van der Waals surface area contributed by atoms with Gasteiger partial charge in [0, 0.05) is 11.3 Å². The second-order valence-corrected chi connectivity index (χ2v) is 9.27. The molecule has 4 nitrogen and oxygen atoms in total. The predicted molar refractivity (Wildman–Crippen MR) is 133 cm³/mol. The highest BCUT2D eigenvalue weighted by atomic mass is 35.5. The van der Waals surface area contributed by atoms with Crippen LogP contribution in [0.5, 0.6) is 0 Å². The van der Waals surface area contributed by atoms with Gasteiger partial charge in [0.25, 0.3) is 11.7 Å². The summed E-state index contributed by atoms with van der Waals surface area (Å²) < 4.78 is 0. The van der Waals surface area contributed by atoms with Crippen molar-refractivity contribution in [2.24, 2.45) is 0 Å². The van der Waals surface area contributed by atoms with Crippen LogP contribution in [-0.4, -0.2) is 16.8 Å². The van der Waals surface area contributed by atoms with Crippen molar-refractivity contribution in [2.75, 3.05) is 4.90 Å². The Morgan fingerprint density at radius 1 is 0.939 bits per heavy atom. The van der Waals surface area contributed by atoms with Gasteiger partial charge in [-0.1, -0.05) is 79.0 Å². The lowest BCUT2D eigenvalue weighted by molar-refractivity contribution is -0.132. The number of nitrogens with zero attached hydrogens (tertiary/aromatic N) is 1. The first-order valence-corrected chi connectivity index (χ1v) is 11.4. The molecular formula is C27H23Cl2NO3. The molecule has 3 aromatic carbocycles. The maximum Gasteiger partial charge on any atom is 0.300 e. The minimum absolute atomic E-state index is 0.0110. The van der Waals surface area contributed by atoms with Crippen molar-refractivity contribution in [3.05, 3.63) is 105 Å². The van der Waals surface area contributed by atoms with Gasteiger partial charge >= 0.3 is 0 Å². The van der Waals surface area contributed by atoms with E-state index in [1.54, 1.807) is 12.1 Å². The number of aliphatic hydroxyl groups is 1. The number of rotatable bonds is 4. The zero-order valence-electron chi connectivity index (χ0n) is 18.5. The van der Waals surface area contributed by atoms with Gasteiger partial charge in [0.1, 0.15) is 5.76 Å². The predicted octanol–water partition coefficient (Wildman–Crippen LogP) is 7.05. The van der Waals surface area contributed by atoms with Gasteiger partial charge in [-0.2, -0.15) is 0 Å². The standard InChI is InChI=1S/C27H23Cl2NO3/c1-15(2)17-7-10-20(11-8-17)30-24(18-6-4-5-16(3)13-18)23(26(32)27(30)33)25(31)19-9-12-21(28)22(29)14-19/h4-15,24,31H,1-3H3/b25-23-. The van der Waals surface area contributed by atoms with Crippen molar-refractivity contribution in [3.8, 4) is 0 Å². The molecule has 0 spiro atoms. The fourth-order valence-corrected chi connectivity index (χ4v) is 4.37. The third-order valence-corrected chi connectivity index (χ3v) is 6.57. The summed E-state index contributed by atoms with van der Waals surface area (Å²) in [6.07, 6.45) is 0. The molecule has 0 aromatic heterocycles. The molecule has 1 saturated heterocycles. The fraction of sp³-hybridized carbons (Fsp3) is 0.185. The van der Waals surface area contributed by atoms with Crippen molar-refractivity contribution in [1.29, 1.82) is 0 Å². The zero-order valence-corrected chi connectivity index (χ0v) is 20.0. The van der Waals surface area contributed by atoms with E-state index in [1.807, 2.05) is 55.5 Å². The minimum atomic E-state index is -0.788. The van der Waals surface area contributed by atoms with Crippen molar-refractivity contribution in [3.63, 3.8) is 0 Å². The van der Waals surface area contributed by atoms with E-state index in [4.69, 9.17) is 23.2 Å². The highest BCUT2D eigenvalue weighted by Gasteiger charge is 2.47. The Morgan fingerprint density at radius 3 is 2.24 bits per heavy atom. The molecule has 4 rings (SSSR count). The molecule has 168 valence electrons. The number of Topliss-reactive ketones (excluding diaryl/α,β-unsaturated/α-hetero) is 1. The molecule has 0 aliphatic carbocycles. The summed E-state index contributed by atoms with van der Waals surface area (Å²) in [4.78, 5) is 27.9. The molecule has 1 atom stereocenters. The molecule has 0 bridgehead atoms. The number of hydrogen-bond acceptors (Lipinski definition) is 3. The normalized spacial score (nSPS) is 17.8. The second-order valence-electron chi connectivity index (χ2n) is 8.46. The SMILES string of the molecule is Cc1cccc(C2/C(=C(/O)c3ccc(Cl)c(Cl)c3)C(=O)C(=O)N2c2ccc(C(C)C)cc2)c1. The number of carbonyl (C=O) groups is 2. The number of carbonyl (C=O) groups excluding carboxylic acids is 2. The third kappa shape index (κ3) is 4.29. The molecule has 1 N–H and O–H groups in total. The largest absolute Gasteiger partial charge is 0.507 e. The van der Waals surface area contributed by atoms with Crippen LogP contribution in [0.15, 0.2) is 72.3 Å². The van der Waals surface area contributed by atoms with E-state index in [0.717, 1.165) is 16.7 Å². The third-order valence-electron chi connectivity index (χ3n) is 5.83. The van der Waals surface area contributed by atoms with Gasteiger partial charge in [0.15, 0.2) is 0 Å². The average Bonchev–Trinajstić information content (AvgIpc) is 3.06. The average molecular weight is 480 g/mol. The quantitative estimate of drug-likeness (QED) is 0.247. The lowest BCUT2D eigenvalue weighted by atomic mass is 9.94. The van der Waals surface area contributed by atoms with Crippen LogP contribution < -0.4 is 4.90 Å². The van der Waals surface area contributed by atoms with Crippen molar-refractivity contribution in [1.82, 2.24) is 0 Å². The number of amides is 1. The van der Waals surface area contributed by atoms with Gasteiger partial charge in [-0.05, 0) is 54.3 Å². The van der Waals surface area contributed by atoms with E-state index in [-0.39, 0.29) is 16.4 Å². The monoisotopic (exact) mass is 479 g/mol. The van der Waals surface area contributed by atoms with Gasteiger partial charge in [-0.3, -0.25) is 14.5 Å². The van der Waals surface area contributed by atoms with E-state index >= 15 is 0 Å². The number of benzene rings is 3. The van der Waals surface area contributed by atoms with Crippen LogP contribution in [0.1, 0.15) is 48.1 Å². The summed E-state index contributed by atoms with van der Waals surface area (Å²) in [7, 11) is 0. The minimum Gasteiger partial charge on any atom is -0.507 e. The molecular weight excluding hydrogens is 457 g/mol. The Kier molecular flexibility index (Phi) is 6.33. The summed E-state index contributed by atoms with van der Waals surface area (Å²) in [5, 5.41) is 11.8. The molecule has 1 fully saturated rings. The molecule has 1 amide bonds. The van der Waals surface area contributed by atoms with Crippen LogP contribution in [0.3, 0.4) is 0 Å². The summed E-state index contributed by atoms with van der Waals surface area (Å²) in [5.41, 5.74) is 3.73. The van der Waals surface area contributed by atoms with Crippen LogP contribution in [0.2, 0.25) is 10.0 Å². The van der Waals surface area contributed by atoms with Crippen molar-refractivity contribution >= 4 is 46.3 Å². The molecule has 0 radical (unpaired) electrons. The van der Waals surface area contributed by atoms with Gasteiger partial charge < -0.3 is 5.11 Å². The van der Waals surface area contributed by atoms with E-state index in [0.29, 0.717) is 22.2 Å². The van der Waals surface area contributed by atoms with Crippen molar-refractivity contribution in [2.45, 2.75) is 32.7 Å². The molecule has 1 heterocycles. The first kappa shape index (κ1) is 23.1. The number of aliphatic hydroxyl groups excluding tert-OH is 1. The van der Waals surface area contributed by atoms with E-state index < -0.39 is 17.7 Å². The van der Waals surface area contributed by atoms with Crippen LogP contribution in [0.25, 0.3) is 5.76 Å². The zero-order chi connectivity index (χ0) is 23.9. The van der Waals surface area contributed by atoms with Gasteiger partial charge in [0.05, 0.1) is 21.7 Å². The number of halogens is 2. The Hall–Kier alpha value is -3.08. The summed E-state index contributed by atoms with van der Waals surface area (Å²) in [6.45, 7) is 6.11. The topological polar surface area (TPSA) is 57.6 Å². The van der Waals surface area contributed by atoms with E-state index in [2.05, 4.69) is 13.8 Å². The smallest absolute Gasteiger partial charge is 0.300 e. The number of ketones is 1. The first-order valence-electron chi connectivity index (χ1n) is 10.6. The summed E-state index contributed by atoms with van der Waals surface area (Å²) >= 11 is 12.2. The molecule has 33 heavy (non-hydrogen) atoms. The van der Waals surface area contributed by atoms with Gasteiger partial charge in [0.2, 0.25) is 0 Å². The lowest BCUT2D eigenvalue weighted by Crippen LogP contribution is -2.29. The van der Waals surface area contributed by atoms with Crippen molar-refractivity contribution < 1.29 is 14.7 Å². The maximum absolute atomic E-state index is 13.2. The Labute approximate surface area is 203 Å². The Bertz CT molecular complexity index is 1280.